The Bertz CT molecular complexity index is 854. The molecule has 3 aliphatic heterocycles. The van der Waals surface area contributed by atoms with Crippen LogP contribution in [0, 0.1) is 0 Å². The van der Waals surface area contributed by atoms with Crippen LogP contribution in [0.1, 0.15) is 50.3 Å². The maximum absolute atomic E-state index is 4.46. The van der Waals surface area contributed by atoms with Crippen molar-refractivity contribution in [3.8, 4) is 5.69 Å². The molecule has 28 heavy (non-hydrogen) atoms. The fourth-order valence-corrected chi connectivity index (χ4v) is 5.89. The summed E-state index contributed by atoms with van der Waals surface area (Å²) < 4.78 is 1.97. The number of hydrogen-bond donors (Lipinski definition) is 0. The van der Waals surface area contributed by atoms with Gasteiger partial charge in [-0.15, -0.1) is 5.10 Å². The molecular formula is C22H32N6. The molecule has 0 aliphatic carbocycles. The van der Waals surface area contributed by atoms with Crippen molar-refractivity contribution in [2.75, 3.05) is 38.6 Å². The monoisotopic (exact) mass is 380 g/mol. The van der Waals surface area contributed by atoms with Gasteiger partial charge in [0, 0.05) is 31.2 Å². The molecule has 0 N–H and O–H groups in total. The van der Waals surface area contributed by atoms with Crippen molar-refractivity contribution in [3.63, 3.8) is 0 Å². The van der Waals surface area contributed by atoms with E-state index in [1.165, 1.54) is 56.4 Å². The summed E-state index contributed by atoms with van der Waals surface area (Å²) in [6.45, 7) is 6.79. The fraction of sp³-hybridized carbons (Fsp3) is 0.636. The molecule has 0 bridgehead atoms. The molecule has 0 saturated carbocycles. The van der Waals surface area contributed by atoms with Gasteiger partial charge in [-0.1, -0.05) is 18.6 Å². The summed E-state index contributed by atoms with van der Waals surface area (Å²) in [5.41, 5.74) is 5.29. The van der Waals surface area contributed by atoms with Crippen LogP contribution in [-0.2, 0) is 12.0 Å². The van der Waals surface area contributed by atoms with Gasteiger partial charge in [-0.3, -0.25) is 9.80 Å². The molecule has 6 nitrogen and oxygen atoms in total. The van der Waals surface area contributed by atoms with E-state index in [1.807, 2.05) is 4.68 Å². The molecule has 2 atom stereocenters. The van der Waals surface area contributed by atoms with Gasteiger partial charge in [0.1, 0.15) is 0 Å². The molecule has 150 valence electrons. The molecule has 0 amide bonds. The van der Waals surface area contributed by atoms with E-state index in [4.69, 9.17) is 0 Å². The lowest BCUT2D eigenvalue weighted by molar-refractivity contribution is 0.218. The largest absolute Gasteiger partial charge is 0.358 e. The van der Waals surface area contributed by atoms with Gasteiger partial charge in [-0.2, -0.15) is 0 Å². The van der Waals surface area contributed by atoms with E-state index < -0.39 is 0 Å². The molecule has 4 heterocycles. The normalized spacial score (nSPS) is 28.0. The molecule has 2 saturated heterocycles. The molecule has 3 aliphatic rings. The number of anilines is 1. The third-order valence-corrected chi connectivity index (χ3v) is 7.36. The highest BCUT2D eigenvalue weighted by atomic mass is 15.4. The number of fused-ring (bicyclic) bond motifs is 3. The van der Waals surface area contributed by atoms with Gasteiger partial charge in [0.2, 0.25) is 0 Å². The number of piperidine rings is 1. The van der Waals surface area contributed by atoms with Crippen LogP contribution in [0.25, 0.3) is 5.69 Å². The van der Waals surface area contributed by atoms with Crippen LogP contribution in [0.2, 0.25) is 0 Å². The second-order valence-electron chi connectivity index (χ2n) is 8.92. The molecule has 2 fully saturated rings. The summed E-state index contributed by atoms with van der Waals surface area (Å²) in [5, 5.41) is 8.93. The average Bonchev–Trinajstić information content (AvgIpc) is 3.38. The fourth-order valence-electron chi connectivity index (χ4n) is 5.89. The van der Waals surface area contributed by atoms with Crippen LogP contribution in [0.15, 0.2) is 24.4 Å². The third-order valence-electron chi connectivity index (χ3n) is 7.36. The van der Waals surface area contributed by atoms with Crippen molar-refractivity contribution < 1.29 is 0 Å². The van der Waals surface area contributed by atoms with E-state index >= 15 is 0 Å². The van der Waals surface area contributed by atoms with Gasteiger partial charge in [0.05, 0.1) is 23.7 Å². The second kappa shape index (κ2) is 6.85. The van der Waals surface area contributed by atoms with Crippen LogP contribution < -0.4 is 4.90 Å². The number of likely N-dealkylation sites (N-methyl/N-ethyl adjacent to an activating group) is 2. The van der Waals surface area contributed by atoms with E-state index in [-0.39, 0.29) is 5.41 Å². The first kappa shape index (κ1) is 18.1. The van der Waals surface area contributed by atoms with Gasteiger partial charge in [-0.05, 0) is 69.6 Å². The van der Waals surface area contributed by atoms with Gasteiger partial charge >= 0.3 is 0 Å². The highest BCUT2D eigenvalue weighted by Crippen LogP contribution is 2.53. The maximum Gasteiger partial charge on any atom is 0.0971 e. The van der Waals surface area contributed by atoms with Crippen LogP contribution in [0.3, 0.4) is 0 Å². The van der Waals surface area contributed by atoms with E-state index in [1.54, 1.807) is 0 Å². The third kappa shape index (κ3) is 2.69. The van der Waals surface area contributed by atoms with Crippen molar-refractivity contribution in [2.24, 2.45) is 0 Å². The Morgan fingerprint density at radius 1 is 1.11 bits per heavy atom. The van der Waals surface area contributed by atoms with Crippen LogP contribution in [-0.4, -0.2) is 64.7 Å². The van der Waals surface area contributed by atoms with Crippen molar-refractivity contribution >= 4 is 5.69 Å². The predicted molar refractivity (Wildman–Crippen MR) is 112 cm³/mol. The second-order valence-corrected chi connectivity index (χ2v) is 8.92. The molecule has 0 unspecified atom stereocenters. The molecule has 0 radical (unpaired) electrons. The molecule has 1 aromatic heterocycles. The molecule has 1 aromatic carbocycles. The number of benzene rings is 1. The number of hydrogen-bond acceptors (Lipinski definition) is 5. The summed E-state index contributed by atoms with van der Waals surface area (Å²) >= 11 is 0. The van der Waals surface area contributed by atoms with Gasteiger partial charge in [-0.25, -0.2) is 4.68 Å². The Labute approximate surface area is 168 Å². The molecule has 5 rings (SSSR count). The lowest BCUT2D eigenvalue weighted by Crippen LogP contribution is -2.46. The number of aromatic nitrogens is 3. The Morgan fingerprint density at radius 2 is 1.93 bits per heavy atom. The van der Waals surface area contributed by atoms with Gasteiger partial charge in [0.25, 0.3) is 0 Å². The molecular weight excluding hydrogens is 348 g/mol. The predicted octanol–water partition coefficient (Wildman–Crippen LogP) is 3.01. The first-order chi connectivity index (χ1) is 13.6. The molecule has 2 aromatic rings. The van der Waals surface area contributed by atoms with E-state index in [9.17, 15) is 0 Å². The quantitative estimate of drug-likeness (QED) is 0.815. The zero-order valence-electron chi connectivity index (χ0n) is 17.4. The minimum Gasteiger partial charge on any atom is -0.358 e. The Balaban J connectivity index is 1.44. The average molecular weight is 381 g/mol. The van der Waals surface area contributed by atoms with E-state index in [2.05, 4.69) is 70.4 Å². The molecule has 6 heteroatoms. The maximum atomic E-state index is 4.46. The first-order valence-corrected chi connectivity index (χ1v) is 10.8. The van der Waals surface area contributed by atoms with Crippen molar-refractivity contribution in [1.82, 2.24) is 24.8 Å². The minimum absolute atomic E-state index is 0.228. The van der Waals surface area contributed by atoms with Gasteiger partial charge in [0.15, 0.2) is 0 Å². The standard InChI is InChI=1S/C22H32N6/c1-4-22-10-13-25(2)21(22)26(3)20-9-8-18(14-19(20)22)28-16-17(23-24-28)15-27-11-6-5-7-12-27/h8-9,14,16,21H,4-7,10-13,15H2,1-3H3/t21-,22+/m1/s1. The highest BCUT2D eigenvalue weighted by molar-refractivity contribution is 5.67. The van der Waals surface area contributed by atoms with E-state index in [0.717, 1.165) is 24.5 Å². The summed E-state index contributed by atoms with van der Waals surface area (Å²) in [6, 6.07) is 6.84. The first-order valence-electron chi connectivity index (χ1n) is 10.8. The zero-order valence-corrected chi connectivity index (χ0v) is 17.4. The summed E-state index contributed by atoms with van der Waals surface area (Å²) in [7, 11) is 4.50. The van der Waals surface area contributed by atoms with Crippen LogP contribution in [0.4, 0.5) is 5.69 Å². The topological polar surface area (TPSA) is 40.4 Å². The zero-order chi connectivity index (χ0) is 19.3. The summed E-state index contributed by atoms with van der Waals surface area (Å²) in [5.74, 6) is 0. The van der Waals surface area contributed by atoms with Crippen molar-refractivity contribution in [2.45, 2.75) is 57.2 Å². The van der Waals surface area contributed by atoms with Crippen molar-refractivity contribution in [3.05, 3.63) is 35.7 Å². The van der Waals surface area contributed by atoms with Crippen LogP contribution in [0.5, 0.6) is 0 Å². The smallest absolute Gasteiger partial charge is 0.0971 e. The number of rotatable bonds is 4. The summed E-state index contributed by atoms with van der Waals surface area (Å²) in [4.78, 5) is 7.48. The lowest BCUT2D eigenvalue weighted by Gasteiger charge is -2.34. The molecule has 0 spiro atoms. The lowest BCUT2D eigenvalue weighted by atomic mass is 9.77. The van der Waals surface area contributed by atoms with Crippen molar-refractivity contribution in [1.29, 1.82) is 0 Å². The SMILES string of the molecule is CC[C@@]12CCN(C)[C@@H]1N(C)c1ccc(-n3cc(CN4CCCCC4)nn3)cc12. The van der Waals surface area contributed by atoms with Gasteiger partial charge < -0.3 is 4.90 Å². The Hall–Kier alpha value is -1.92. The van der Waals surface area contributed by atoms with E-state index in [0.29, 0.717) is 6.17 Å². The Morgan fingerprint density at radius 3 is 2.71 bits per heavy atom. The number of likely N-dealkylation sites (tertiary alicyclic amines) is 2. The summed E-state index contributed by atoms with van der Waals surface area (Å²) in [6.07, 6.45) is 8.95. The highest BCUT2D eigenvalue weighted by Gasteiger charge is 2.54. The minimum atomic E-state index is 0.228. The Kier molecular flexibility index (Phi) is 4.43. The number of nitrogens with zero attached hydrogens (tertiary/aromatic N) is 6. The van der Waals surface area contributed by atoms with Crippen LogP contribution >= 0.6 is 0 Å².